The second kappa shape index (κ2) is 3.85. The van der Waals surface area contributed by atoms with Crippen molar-refractivity contribution in [2.24, 2.45) is 5.41 Å². The molecule has 1 aromatic rings. The van der Waals surface area contributed by atoms with E-state index in [1.165, 1.54) is 12.8 Å². The van der Waals surface area contributed by atoms with Crippen molar-refractivity contribution in [3.05, 3.63) is 24.2 Å². The molecule has 0 amide bonds. The van der Waals surface area contributed by atoms with E-state index < -0.39 is 0 Å². The highest BCUT2D eigenvalue weighted by Gasteiger charge is 2.41. The van der Waals surface area contributed by atoms with Gasteiger partial charge in [0.1, 0.15) is 5.76 Å². The molecule has 1 saturated carbocycles. The van der Waals surface area contributed by atoms with Gasteiger partial charge in [0.25, 0.3) is 0 Å². The largest absolute Gasteiger partial charge is 0.468 e. The van der Waals surface area contributed by atoms with E-state index in [9.17, 15) is 0 Å². The molecule has 1 aromatic heterocycles. The van der Waals surface area contributed by atoms with Crippen LogP contribution in [0.3, 0.4) is 0 Å². The summed E-state index contributed by atoms with van der Waals surface area (Å²) < 4.78 is 5.20. The first-order valence-corrected chi connectivity index (χ1v) is 4.95. The molecule has 0 bridgehead atoms. The second-order valence-electron chi connectivity index (χ2n) is 4.02. The summed E-state index contributed by atoms with van der Waals surface area (Å²) in [5.74, 6) is 0.956. The van der Waals surface area contributed by atoms with Gasteiger partial charge in [-0.1, -0.05) is 0 Å². The zero-order valence-electron chi connectivity index (χ0n) is 8.12. The third kappa shape index (κ3) is 2.15. The molecular formula is C11H14N2O. The zero-order valence-corrected chi connectivity index (χ0v) is 8.12. The summed E-state index contributed by atoms with van der Waals surface area (Å²) >= 11 is 0. The third-order valence-corrected chi connectivity index (χ3v) is 2.79. The molecule has 1 fully saturated rings. The van der Waals surface area contributed by atoms with Gasteiger partial charge in [0.2, 0.25) is 0 Å². The average Bonchev–Trinajstić information content (AvgIpc) is 2.75. The molecule has 1 aliphatic rings. The van der Waals surface area contributed by atoms with Crippen LogP contribution in [0.2, 0.25) is 0 Å². The molecule has 3 heteroatoms. The van der Waals surface area contributed by atoms with Crippen LogP contribution in [0, 0.1) is 16.7 Å². The Hall–Kier alpha value is -1.27. The summed E-state index contributed by atoms with van der Waals surface area (Å²) in [6, 6.07) is 6.09. The normalized spacial score (nSPS) is 17.6. The van der Waals surface area contributed by atoms with E-state index in [4.69, 9.17) is 9.68 Å². The molecule has 74 valence electrons. The summed E-state index contributed by atoms with van der Waals surface area (Å²) in [5, 5.41) is 12.0. The van der Waals surface area contributed by atoms with Crippen LogP contribution in [0.1, 0.15) is 25.0 Å². The predicted octanol–water partition coefficient (Wildman–Crippen LogP) is 2.06. The molecule has 0 spiro atoms. The van der Waals surface area contributed by atoms with Gasteiger partial charge in [-0.05, 0) is 30.4 Å². The van der Waals surface area contributed by atoms with Crippen molar-refractivity contribution in [3.63, 3.8) is 0 Å². The smallest absolute Gasteiger partial charge is 0.117 e. The van der Waals surface area contributed by atoms with Gasteiger partial charge in [-0.15, -0.1) is 0 Å². The summed E-state index contributed by atoms with van der Waals surface area (Å²) in [7, 11) is 0. The van der Waals surface area contributed by atoms with Gasteiger partial charge in [0.15, 0.2) is 0 Å². The highest BCUT2D eigenvalue weighted by atomic mass is 16.3. The molecule has 1 aliphatic carbocycles. The molecule has 1 heterocycles. The van der Waals surface area contributed by atoms with Crippen LogP contribution in [0.4, 0.5) is 0 Å². The summed E-state index contributed by atoms with van der Waals surface area (Å²) in [6.45, 7) is 1.70. The van der Waals surface area contributed by atoms with E-state index in [2.05, 4.69) is 11.4 Å². The van der Waals surface area contributed by atoms with E-state index in [0.29, 0.717) is 6.42 Å². The Morgan fingerprint density at radius 2 is 2.43 bits per heavy atom. The van der Waals surface area contributed by atoms with Crippen molar-refractivity contribution in [3.8, 4) is 6.07 Å². The van der Waals surface area contributed by atoms with Crippen molar-refractivity contribution < 1.29 is 4.42 Å². The molecule has 2 rings (SSSR count). The highest BCUT2D eigenvalue weighted by Crippen LogP contribution is 2.47. The SMILES string of the molecule is N#CCC1(CNCc2ccco2)CC1. The molecule has 3 nitrogen and oxygen atoms in total. The van der Waals surface area contributed by atoms with Crippen molar-refractivity contribution in [1.82, 2.24) is 5.32 Å². The number of nitriles is 1. The van der Waals surface area contributed by atoms with Crippen LogP contribution in [0.25, 0.3) is 0 Å². The lowest BCUT2D eigenvalue weighted by Gasteiger charge is -2.10. The lowest BCUT2D eigenvalue weighted by molar-refractivity contribution is 0.430. The Balaban J connectivity index is 1.71. The first kappa shape index (κ1) is 9.29. The number of hydrogen-bond donors (Lipinski definition) is 1. The number of nitrogens with zero attached hydrogens (tertiary/aromatic N) is 1. The molecule has 14 heavy (non-hydrogen) atoms. The quantitative estimate of drug-likeness (QED) is 0.773. The zero-order chi connectivity index (χ0) is 9.86. The molecule has 1 N–H and O–H groups in total. The van der Waals surface area contributed by atoms with Crippen LogP contribution >= 0.6 is 0 Å². The summed E-state index contributed by atoms with van der Waals surface area (Å²) in [4.78, 5) is 0. The van der Waals surface area contributed by atoms with Crippen molar-refractivity contribution >= 4 is 0 Å². The molecule has 0 aliphatic heterocycles. The van der Waals surface area contributed by atoms with Crippen LogP contribution in [0.15, 0.2) is 22.8 Å². The van der Waals surface area contributed by atoms with E-state index >= 15 is 0 Å². The highest BCUT2D eigenvalue weighted by molar-refractivity contribution is 5.02. The van der Waals surface area contributed by atoms with Crippen LogP contribution in [-0.4, -0.2) is 6.54 Å². The lowest BCUT2D eigenvalue weighted by atomic mass is 10.0. The van der Waals surface area contributed by atoms with Crippen molar-refractivity contribution in [2.45, 2.75) is 25.8 Å². The van der Waals surface area contributed by atoms with Gasteiger partial charge in [0.05, 0.1) is 18.9 Å². The minimum atomic E-state index is 0.279. The van der Waals surface area contributed by atoms with Crippen LogP contribution in [0.5, 0.6) is 0 Å². The van der Waals surface area contributed by atoms with Gasteiger partial charge in [-0.25, -0.2) is 0 Å². The van der Waals surface area contributed by atoms with E-state index in [-0.39, 0.29) is 5.41 Å². The Labute approximate surface area is 83.7 Å². The van der Waals surface area contributed by atoms with E-state index in [0.717, 1.165) is 18.8 Å². The first-order valence-electron chi connectivity index (χ1n) is 4.95. The second-order valence-corrected chi connectivity index (χ2v) is 4.02. The van der Waals surface area contributed by atoms with Gasteiger partial charge >= 0.3 is 0 Å². The minimum Gasteiger partial charge on any atom is -0.468 e. The monoisotopic (exact) mass is 190 g/mol. The predicted molar refractivity (Wildman–Crippen MR) is 52.3 cm³/mol. The Kier molecular flexibility index (Phi) is 2.55. The maximum atomic E-state index is 8.63. The van der Waals surface area contributed by atoms with Gasteiger partial charge < -0.3 is 9.73 Å². The molecular weight excluding hydrogens is 176 g/mol. The van der Waals surface area contributed by atoms with Crippen molar-refractivity contribution in [1.29, 1.82) is 5.26 Å². The van der Waals surface area contributed by atoms with E-state index in [1.807, 2.05) is 12.1 Å². The molecule has 0 unspecified atom stereocenters. The standard InChI is InChI=1S/C11H14N2O/c12-6-5-11(3-4-11)9-13-8-10-2-1-7-14-10/h1-2,7,13H,3-5,8-9H2. The molecule has 0 radical (unpaired) electrons. The Morgan fingerprint density at radius 1 is 1.57 bits per heavy atom. The van der Waals surface area contributed by atoms with Gasteiger partial charge in [-0.2, -0.15) is 5.26 Å². The summed E-state index contributed by atoms with van der Waals surface area (Å²) in [6.07, 6.45) is 4.73. The number of hydrogen-bond acceptors (Lipinski definition) is 3. The fraction of sp³-hybridized carbons (Fsp3) is 0.545. The van der Waals surface area contributed by atoms with Crippen LogP contribution < -0.4 is 5.32 Å². The van der Waals surface area contributed by atoms with Crippen molar-refractivity contribution in [2.75, 3.05) is 6.54 Å². The third-order valence-electron chi connectivity index (χ3n) is 2.79. The fourth-order valence-corrected chi connectivity index (χ4v) is 1.62. The molecule has 0 saturated heterocycles. The number of furan rings is 1. The lowest BCUT2D eigenvalue weighted by Crippen LogP contribution is -2.23. The topological polar surface area (TPSA) is 49.0 Å². The Morgan fingerprint density at radius 3 is 3.00 bits per heavy atom. The fourth-order valence-electron chi connectivity index (χ4n) is 1.62. The first-order chi connectivity index (χ1) is 6.85. The van der Waals surface area contributed by atoms with Gasteiger partial charge in [-0.3, -0.25) is 0 Å². The number of rotatable bonds is 5. The molecule has 0 atom stereocenters. The number of nitrogens with one attached hydrogen (secondary N) is 1. The van der Waals surface area contributed by atoms with Gasteiger partial charge in [0, 0.05) is 13.0 Å². The maximum Gasteiger partial charge on any atom is 0.117 e. The maximum absolute atomic E-state index is 8.63. The van der Waals surface area contributed by atoms with E-state index in [1.54, 1.807) is 6.26 Å². The summed E-state index contributed by atoms with van der Waals surface area (Å²) in [5.41, 5.74) is 0.279. The van der Waals surface area contributed by atoms with Crippen LogP contribution in [-0.2, 0) is 6.54 Å². The Bertz CT molecular complexity index is 320. The minimum absolute atomic E-state index is 0.279. The molecule has 0 aromatic carbocycles. The average molecular weight is 190 g/mol.